The first-order valence-electron chi connectivity index (χ1n) is 6.55. The maximum absolute atomic E-state index is 13.6. The smallest absolute Gasteiger partial charge is 0.334 e. The van der Waals surface area contributed by atoms with Crippen molar-refractivity contribution in [1.29, 1.82) is 0 Å². The highest BCUT2D eigenvalue weighted by molar-refractivity contribution is 5.95. The van der Waals surface area contributed by atoms with Gasteiger partial charge in [0, 0.05) is 18.2 Å². The third kappa shape index (κ3) is 3.66. The molecule has 1 atom stereocenters. The lowest BCUT2D eigenvalue weighted by atomic mass is 10.1. The monoisotopic (exact) mass is 293 g/mol. The molecule has 5 nitrogen and oxygen atoms in total. The van der Waals surface area contributed by atoms with Gasteiger partial charge in [0.15, 0.2) is 6.10 Å². The molecule has 1 aliphatic heterocycles. The number of halogens is 1. The molecular weight excluding hydrogens is 277 g/mol. The van der Waals surface area contributed by atoms with Crippen molar-refractivity contribution in [3.05, 3.63) is 41.7 Å². The van der Waals surface area contributed by atoms with E-state index in [9.17, 15) is 14.0 Å². The number of carboxylic acids is 1. The van der Waals surface area contributed by atoms with Gasteiger partial charge in [-0.25, -0.2) is 9.18 Å². The maximum atomic E-state index is 13.6. The molecule has 0 saturated carbocycles. The average molecular weight is 293 g/mol. The molecule has 1 aliphatic rings. The van der Waals surface area contributed by atoms with Gasteiger partial charge in [-0.2, -0.15) is 0 Å². The molecule has 0 spiro atoms. The number of aliphatic carboxylic acids is 1. The number of carbonyl (C=O) groups excluding carboxylic acids is 1. The lowest BCUT2D eigenvalue weighted by Crippen LogP contribution is -2.48. The largest absolute Gasteiger partial charge is 0.479 e. The van der Waals surface area contributed by atoms with E-state index in [0.717, 1.165) is 0 Å². The van der Waals surface area contributed by atoms with Crippen LogP contribution in [0.1, 0.15) is 12.5 Å². The van der Waals surface area contributed by atoms with Gasteiger partial charge in [-0.3, -0.25) is 4.79 Å². The Hall–Kier alpha value is -2.21. The van der Waals surface area contributed by atoms with Crippen molar-refractivity contribution < 1.29 is 23.8 Å². The fourth-order valence-electron chi connectivity index (χ4n) is 2.13. The van der Waals surface area contributed by atoms with Gasteiger partial charge in [-0.05, 0) is 18.6 Å². The molecule has 2 rings (SSSR count). The van der Waals surface area contributed by atoms with E-state index in [2.05, 4.69) is 0 Å². The summed E-state index contributed by atoms with van der Waals surface area (Å²) in [5.41, 5.74) is 0.852. The van der Waals surface area contributed by atoms with E-state index in [1.54, 1.807) is 25.1 Å². The summed E-state index contributed by atoms with van der Waals surface area (Å²) in [7, 11) is 0. The topological polar surface area (TPSA) is 66.8 Å². The molecular formula is C15H16FNO4. The minimum atomic E-state index is -1.10. The van der Waals surface area contributed by atoms with E-state index in [0.29, 0.717) is 17.7 Å². The van der Waals surface area contributed by atoms with Gasteiger partial charge < -0.3 is 14.7 Å². The molecule has 0 bridgehead atoms. The minimum absolute atomic E-state index is 0.00474. The Morgan fingerprint density at radius 1 is 1.43 bits per heavy atom. The second kappa shape index (κ2) is 6.49. The van der Waals surface area contributed by atoms with Gasteiger partial charge in [0.2, 0.25) is 5.91 Å². The van der Waals surface area contributed by atoms with Crippen molar-refractivity contribution in [2.75, 3.05) is 19.7 Å². The van der Waals surface area contributed by atoms with E-state index in [1.165, 1.54) is 17.0 Å². The van der Waals surface area contributed by atoms with Gasteiger partial charge in [0.05, 0.1) is 13.2 Å². The highest BCUT2D eigenvalue weighted by Gasteiger charge is 2.28. The van der Waals surface area contributed by atoms with E-state index in [4.69, 9.17) is 9.84 Å². The van der Waals surface area contributed by atoms with Gasteiger partial charge in [-0.1, -0.05) is 18.2 Å². The Morgan fingerprint density at radius 3 is 2.81 bits per heavy atom. The lowest BCUT2D eigenvalue weighted by Gasteiger charge is -2.30. The van der Waals surface area contributed by atoms with Crippen molar-refractivity contribution in [1.82, 2.24) is 4.90 Å². The molecule has 21 heavy (non-hydrogen) atoms. The van der Waals surface area contributed by atoms with Crippen LogP contribution in [0.5, 0.6) is 0 Å². The Bertz CT molecular complexity index is 585. The third-order valence-corrected chi connectivity index (χ3v) is 3.29. The van der Waals surface area contributed by atoms with Crippen LogP contribution in [-0.2, 0) is 14.3 Å². The Kier molecular flexibility index (Phi) is 4.70. The molecule has 1 heterocycles. The molecule has 1 aromatic rings. The van der Waals surface area contributed by atoms with Gasteiger partial charge in [0.1, 0.15) is 5.82 Å². The summed E-state index contributed by atoms with van der Waals surface area (Å²) >= 11 is 0. The zero-order chi connectivity index (χ0) is 15.4. The number of carboxylic acid groups (broad SMARTS) is 1. The number of rotatable bonds is 3. The summed E-state index contributed by atoms with van der Waals surface area (Å²) in [6.45, 7) is 2.14. The number of carbonyl (C=O) groups is 2. The highest BCUT2D eigenvalue weighted by Crippen LogP contribution is 2.18. The average Bonchev–Trinajstić information content (AvgIpc) is 2.47. The normalized spacial score (nSPS) is 19.4. The van der Waals surface area contributed by atoms with Crippen LogP contribution in [0, 0.1) is 5.82 Å². The van der Waals surface area contributed by atoms with Crippen molar-refractivity contribution in [3.8, 4) is 0 Å². The zero-order valence-electron chi connectivity index (χ0n) is 11.6. The SMILES string of the molecule is CC(=CC(=O)N1CCOC(C(=O)O)C1)c1ccccc1F. The Labute approximate surface area is 121 Å². The van der Waals surface area contributed by atoms with Crippen LogP contribution >= 0.6 is 0 Å². The summed E-state index contributed by atoms with van der Waals surface area (Å²) in [4.78, 5) is 24.4. The summed E-state index contributed by atoms with van der Waals surface area (Å²) in [5, 5.41) is 8.91. The molecule has 6 heteroatoms. The number of hydrogen-bond donors (Lipinski definition) is 1. The van der Waals surface area contributed by atoms with Crippen LogP contribution < -0.4 is 0 Å². The number of amides is 1. The molecule has 0 radical (unpaired) electrons. The molecule has 1 amide bonds. The summed E-state index contributed by atoms with van der Waals surface area (Å²) in [6, 6.07) is 6.18. The van der Waals surface area contributed by atoms with Gasteiger partial charge in [-0.15, -0.1) is 0 Å². The van der Waals surface area contributed by atoms with E-state index in [1.807, 2.05) is 0 Å². The summed E-state index contributed by atoms with van der Waals surface area (Å²) in [5.74, 6) is -1.84. The van der Waals surface area contributed by atoms with Gasteiger partial charge >= 0.3 is 5.97 Å². The fourth-order valence-corrected chi connectivity index (χ4v) is 2.13. The third-order valence-electron chi connectivity index (χ3n) is 3.29. The molecule has 1 unspecified atom stereocenters. The van der Waals surface area contributed by atoms with Crippen LogP contribution in [-0.4, -0.2) is 47.7 Å². The van der Waals surface area contributed by atoms with E-state index < -0.39 is 17.9 Å². The van der Waals surface area contributed by atoms with Crippen LogP contribution in [0.2, 0.25) is 0 Å². The predicted octanol–water partition coefficient (Wildman–Crippen LogP) is 1.54. The quantitative estimate of drug-likeness (QED) is 0.859. The van der Waals surface area contributed by atoms with Crippen LogP contribution in [0.3, 0.4) is 0 Å². The molecule has 1 N–H and O–H groups in total. The van der Waals surface area contributed by atoms with Crippen LogP contribution in [0.25, 0.3) is 5.57 Å². The number of ether oxygens (including phenoxy) is 1. The number of hydrogen-bond acceptors (Lipinski definition) is 3. The standard InChI is InChI=1S/C15H16FNO4/c1-10(11-4-2-3-5-12(11)16)8-14(18)17-6-7-21-13(9-17)15(19)20/h2-5,8,13H,6-7,9H2,1H3,(H,19,20). The van der Waals surface area contributed by atoms with Crippen LogP contribution in [0.4, 0.5) is 4.39 Å². The number of allylic oxidation sites excluding steroid dienone is 1. The second-order valence-corrected chi connectivity index (χ2v) is 4.79. The van der Waals surface area contributed by atoms with Crippen molar-refractivity contribution in [2.45, 2.75) is 13.0 Å². The van der Waals surface area contributed by atoms with Crippen molar-refractivity contribution in [2.24, 2.45) is 0 Å². The number of nitrogens with zero attached hydrogens (tertiary/aromatic N) is 1. The van der Waals surface area contributed by atoms with Crippen molar-refractivity contribution in [3.63, 3.8) is 0 Å². The van der Waals surface area contributed by atoms with Crippen LogP contribution in [0.15, 0.2) is 30.3 Å². The molecule has 112 valence electrons. The highest BCUT2D eigenvalue weighted by atomic mass is 19.1. The lowest BCUT2D eigenvalue weighted by molar-refractivity contribution is -0.158. The first kappa shape index (κ1) is 15.2. The summed E-state index contributed by atoms with van der Waals surface area (Å²) in [6.07, 6.45) is 0.313. The van der Waals surface area contributed by atoms with E-state index >= 15 is 0 Å². The summed E-state index contributed by atoms with van der Waals surface area (Å²) < 4.78 is 18.7. The molecule has 0 aromatic heterocycles. The fraction of sp³-hybridized carbons (Fsp3) is 0.333. The minimum Gasteiger partial charge on any atom is -0.479 e. The second-order valence-electron chi connectivity index (χ2n) is 4.79. The first-order valence-corrected chi connectivity index (χ1v) is 6.55. The first-order chi connectivity index (χ1) is 9.99. The maximum Gasteiger partial charge on any atom is 0.334 e. The molecule has 1 fully saturated rings. The van der Waals surface area contributed by atoms with E-state index in [-0.39, 0.29) is 19.1 Å². The molecule has 1 aromatic carbocycles. The Morgan fingerprint density at radius 2 is 2.14 bits per heavy atom. The zero-order valence-corrected chi connectivity index (χ0v) is 11.6. The Balaban J connectivity index is 2.11. The number of benzene rings is 1. The molecule has 1 saturated heterocycles. The number of morpholine rings is 1. The van der Waals surface area contributed by atoms with Gasteiger partial charge in [0.25, 0.3) is 0 Å². The predicted molar refractivity (Wildman–Crippen MR) is 74.0 cm³/mol. The van der Waals surface area contributed by atoms with Crippen molar-refractivity contribution >= 4 is 17.4 Å². The molecule has 0 aliphatic carbocycles.